The van der Waals surface area contributed by atoms with Crippen LogP contribution in [-0.2, 0) is 6.54 Å². The van der Waals surface area contributed by atoms with E-state index in [0.29, 0.717) is 0 Å². The van der Waals surface area contributed by atoms with E-state index in [1.807, 2.05) is 7.05 Å². The maximum atomic E-state index is 4.16. The van der Waals surface area contributed by atoms with Gasteiger partial charge in [0.15, 0.2) is 0 Å². The van der Waals surface area contributed by atoms with Gasteiger partial charge < -0.3 is 5.32 Å². The number of hydrogen-bond donors (Lipinski definition) is 1. The lowest BCUT2D eigenvalue weighted by Gasteiger charge is -2.18. The molecule has 1 rings (SSSR count). The Bertz CT molecular complexity index is 268. The highest BCUT2D eigenvalue weighted by atomic mass is 32.1. The van der Waals surface area contributed by atoms with Gasteiger partial charge in [-0.1, -0.05) is 25.2 Å². The van der Waals surface area contributed by atoms with Crippen molar-refractivity contribution >= 4 is 16.5 Å². The Morgan fingerprint density at radius 1 is 1.20 bits per heavy atom. The van der Waals surface area contributed by atoms with Gasteiger partial charge in [-0.3, -0.25) is 4.90 Å². The van der Waals surface area contributed by atoms with Crippen LogP contribution >= 0.6 is 11.3 Å². The summed E-state index contributed by atoms with van der Waals surface area (Å²) in [5.41, 5.74) is 0. The van der Waals surface area contributed by atoms with Gasteiger partial charge in [0.25, 0.3) is 0 Å². The molecule has 0 fully saturated rings. The van der Waals surface area contributed by atoms with E-state index in [1.165, 1.54) is 12.8 Å². The van der Waals surface area contributed by atoms with Crippen molar-refractivity contribution in [2.75, 3.05) is 25.5 Å². The molecule has 0 aromatic carbocycles. The van der Waals surface area contributed by atoms with Crippen molar-refractivity contribution in [1.82, 2.24) is 15.1 Å². The Morgan fingerprint density at radius 2 is 1.87 bits per heavy atom. The van der Waals surface area contributed by atoms with Crippen LogP contribution in [0, 0.1) is 0 Å². The van der Waals surface area contributed by atoms with Gasteiger partial charge in [0, 0.05) is 7.05 Å². The third-order valence-corrected chi connectivity index (χ3v) is 3.04. The van der Waals surface area contributed by atoms with E-state index in [4.69, 9.17) is 0 Å². The first-order chi connectivity index (χ1) is 7.30. The van der Waals surface area contributed by atoms with Crippen molar-refractivity contribution in [2.45, 2.75) is 33.2 Å². The van der Waals surface area contributed by atoms with Crippen molar-refractivity contribution in [3.05, 3.63) is 5.01 Å². The van der Waals surface area contributed by atoms with Crippen molar-refractivity contribution in [3.8, 4) is 0 Å². The molecule has 0 bridgehead atoms. The van der Waals surface area contributed by atoms with Crippen LogP contribution in [0.2, 0.25) is 0 Å². The predicted octanol–water partition coefficient (Wildman–Crippen LogP) is 2.20. The third kappa shape index (κ3) is 4.13. The molecule has 0 spiro atoms. The Hall–Kier alpha value is -0.680. The minimum absolute atomic E-state index is 0.901. The molecule has 0 aliphatic carbocycles. The van der Waals surface area contributed by atoms with Crippen LogP contribution in [0.5, 0.6) is 0 Å². The molecule has 1 aromatic rings. The molecule has 86 valence electrons. The molecular weight excluding hydrogens is 208 g/mol. The van der Waals surface area contributed by atoms with E-state index in [-0.39, 0.29) is 0 Å². The largest absolute Gasteiger partial charge is 0.363 e. The van der Waals surface area contributed by atoms with E-state index >= 15 is 0 Å². The summed E-state index contributed by atoms with van der Waals surface area (Å²) in [7, 11) is 1.88. The summed E-state index contributed by atoms with van der Waals surface area (Å²) in [6.07, 6.45) is 2.38. The number of hydrogen-bond acceptors (Lipinski definition) is 5. The molecule has 0 aliphatic heterocycles. The lowest BCUT2D eigenvalue weighted by atomic mass is 10.3. The molecule has 0 radical (unpaired) electrons. The number of rotatable bonds is 7. The summed E-state index contributed by atoms with van der Waals surface area (Å²) in [5, 5.41) is 13.2. The van der Waals surface area contributed by atoms with Gasteiger partial charge in [-0.2, -0.15) is 0 Å². The van der Waals surface area contributed by atoms with Gasteiger partial charge in [-0.25, -0.2) is 0 Å². The number of nitrogens with zero attached hydrogens (tertiary/aromatic N) is 3. The zero-order valence-corrected chi connectivity index (χ0v) is 10.6. The molecule has 0 aliphatic rings. The van der Waals surface area contributed by atoms with Gasteiger partial charge in [-0.05, 0) is 25.9 Å². The van der Waals surface area contributed by atoms with Crippen LogP contribution in [0.1, 0.15) is 31.7 Å². The normalized spacial score (nSPS) is 10.9. The molecule has 4 nitrogen and oxygen atoms in total. The van der Waals surface area contributed by atoms with Crippen LogP contribution in [0.4, 0.5) is 5.13 Å². The predicted molar refractivity (Wildman–Crippen MR) is 65.3 cm³/mol. The molecule has 0 atom stereocenters. The fourth-order valence-corrected chi connectivity index (χ4v) is 2.25. The van der Waals surface area contributed by atoms with Crippen molar-refractivity contribution in [2.24, 2.45) is 0 Å². The van der Waals surface area contributed by atoms with Gasteiger partial charge in [-0.15, -0.1) is 10.2 Å². The van der Waals surface area contributed by atoms with Gasteiger partial charge in [0.05, 0.1) is 6.54 Å². The van der Waals surface area contributed by atoms with Gasteiger partial charge in [0.1, 0.15) is 5.01 Å². The number of nitrogens with one attached hydrogen (secondary N) is 1. The molecule has 1 N–H and O–H groups in total. The lowest BCUT2D eigenvalue weighted by Crippen LogP contribution is -2.24. The second kappa shape index (κ2) is 6.74. The Kier molecular flexibility index (Phi) is 5.57. The molecule has 0 saturated carbocycles. The van der Waals surface area contributed by atoms with Crippen LogP contribution < -0.4 is 5.32 Å². The number of anilines is 1. The first kappa shape index (κ1) is 12.4. The van der Waals surface area contributed by atoms with Crippen molar-refractivity contribution in [1.29, 1.82) is 0 Å². The van der Waals surface area contributed by atoms with E-state index in [9.17, 15) is 0 Å². The summed E-state index contributed by atoms with van der Waals surface area (Å²) < 4.78 is 0. The first-order valence-electron chi connectivity index (χ1n) is 5.52. The molecule has 0 amide bonds. The van der Waals surface area contributed by atoms with Crippen molar-refractivity contribution in [3.63, 3.8) is 0 Å². The van der Waals surface area contributed by atoms with E-state index in [2.05, 4.69) is 34.3 Å². The van der Waals surface area contributed by atoms with E-state index in [1.54, 1.807) is 11.3 Å². The van der Waals surface area contributed by atoms with Crippen molar-refractivity contribution < 1.29 is 0 Å². The van der Waals surface area contributed by atoms with Crippen LogP contribution in [0.3, 0.4) is 0 Å². The third-order valence-electron chi connectivity index (χ3n) is 2.12. The lowest BCUT2D eigenvalue weighted by molar-refractivity contribution is 0.265. The second-order valence-corrected chi connectivity index (χ2v) is 4.59. The zero-order chi connectivity index (χ0) is 11.1. The van der Waals surface area contributed by atoms with Crippen LogP contribution in [-0.4, -0.2) is 35.2 Å². The smallest absolute Gasteiger partial charge is 0.205 e. The Balaban J connectivity index is 2.48. The molecule has 15 heavy (non-hydrogen) atoms. The highest BCUT2D eigenvalue weighted by Gasteiger charge is 2.08. The fourth-order valence-electron chi connectivity index (χ4n) is 1.51. The highest BCUT2D eigenvalue weighted by Crippen LogP contribution is 2.16. The summed E-state index contributed by atoms with van der Waals surface area (Å²) in [6, 6.07) is 0. The maximum Gasteiger partial charge on any atom is 0.205 e. The fraction of sp³-hybridized carbons (Fsp3) is 0.800. The van der Waals surface area contributed by atoms with Crippen LogP contribution in [0.25, 0.3) is 0 Å². The Labute approximate surface area is 95.7 Å². The van der Waals surface area contributed by atoms with Gasteiger partial charge >= 0.3 is 0 Å². The average Bonchev–Trinajstić information content (AvgIpc) is 2.66. The minimum Gasteiger partial charge on any atom is -0.363 e. The molecular formula is C10H20N4S. The first-order valence-corrected chi connectivity index (χ1v) is 6.34. The standard InChI is InChI=1S/C10H20N4S/c1-4-6-14(7-5-2)8-9-12-13-10(11-3)15-9/h4-8H2,1-3H3,(H,11,13). The molecule has 5 heteroatoms. The zero-order valence-electron chi connectivity index (χ0n) is 9.79. The summed E-state index contributed by atoms with van der Waals surface area (Å²) in [6.45, 7) is 7.63. The summed E-state index contributed by atoms with van der Waals surface area (Å²) in [4.78, 5) is 2.43. The molecule has 0 unspecified atom stereocenters. The van der Waals surface area contributed by atoms with E-state index < -0.39 is 0 Å². The molecule has 1 heterocycles. The maximum absolute atomic E-state index is 4.16. The SMILES string of the molecule is CCCN(CCC)Cc1nnc(NC)s1. The molecule has 1 aromatic heterocycles. The topological polar surface area (TPSA) is 41.1 Å². The number of aromatic nitrogens is 2. The highest BCUT2D eigenvalue weighted by molar-refractivity contribution is 7.15. The van der Waals surface area contributed by atoms with E-state index in [0.717, 1.165) is 29.8 Å². The average molecular weight is 228 g/mol. The van der Waals surface area contributed by atoms with Gasteiger partial charge in [0.2, 0.25) is 5.13 Å². The Morgan fingerprint density at radius 3 is 2.33 bits per heavy atom. The molecule has 0 saturated heterocycles. The quantitative estimate of drug-likeness (QED) is 0.777. The monoisotopic (exact) mass is 228 g/mol. The minimum atomic E-state index is 0.901. The second-order valence-electron chi connectivity index (χ2n) is 3.53. The van der Waals surface area contributed by atoms with Crippen LogP contribution in [0.15, 0.2) is 0 Å². The summed E-state index contributed by atoms with van der Waals surface area (Å²) >= 11 is 1.64. The summed E-state index contributed by atoms with van der Waals surface area (Å²) in [5.74, 6) is 0.